The zero-order valence-corrected chi connectivity index (χ0v) is 21.2. The lowest BCUT2D eigenvalue weighted by atomic mass is 10.2. The number of thioether (sulfide) groups is 1. The van der Waals surface area contributed by atoms with Crippen LogP contribution in [0.15, 0.2) is 65.1 Å². The zero-order chi connectivity index (χ0) is 23.9. The first-order chi connectivity index (χ1) is 16.6. The van der Waals surface area contributed by atoms with Crippen LogP contribution in [-0.4, -0.2) is 39.4 Å². The fraction of sp³-hybridized carbons (Fsp3) is 0.250. The minimum atomic E-state index is -0.0815. The highest BCUT2D eigenvalue weighted by Gasteiger charge is 2.19. The molecule has 2 aromatic heterocycles. The molecule has 4 aromatic rings. The van der Waals surface area contributed by atoms with Crippen molar-refractivity contribution in [1.82, 2.24) is 19.7 Å². The normalized spacial score (nSPS) is 11.0. The molecule has 10 heteroatoms. The molecule has 0 unspecified atom stereocenters. The van der Waals surface area contributed by atoms with E-state index in [1.54, 1.807) is 30.7 Å². The lowest BCUT2D eigenvalue weighted by molar-refractivity contribution is -0.115. The predicted molar refractivity (Wildman–Crippen MR) is 138 cm³/mol. The summed E-state index contributed by atoms with van der Waals surface area (Å²) in [7, 11) is 1.69. The zero-order valence-electron chi connectivity index (χ0n) is 18.8. The molecule has 0 spiro atoms. The summed E-state index contributed by atoms with van der Waals surface area (Å²) in [5.41, 5.74) is 2.51. The Balaban J connectivity index is 1.54. The Morgan fingerprint density at radius 2 is 1.91 bits per heavy atom. The number of nitrogens with zero attached hydrogens (tertiary/aromatic N) is 5. The number of carbonyl (C=O) groups excluding carboxylic acids is 1. The van der Waals surface area contributed by atoms with Gasteiger partial charge in [0.15, 0.2) is 16.1 Å². The van der Waals surface area contributed by atoms with E-state index in [9.17, 15) is 4.79 Å². The molecule has 2 heterocycles. The lowest BCUT2D eigenvalue weighted by Crippen LogP contribution is -2.22. The summed E-state index contributed by atoms with van der Waals surface area (Å²) >= 11 is 9.43. The molecule has 0 N–H and O–H groups in total. The number of benzene rings is 2. The molecule has 176 valence electrons. The van der Waals surface area contributed by atoms with Crippen LogP contribution in [0.2, 0.25) is 5.02 Å². The molecule has 0 aliphatic heterocycles. The fourth-order valence-electron chi connectivity index (χ4n) is 3.41. The minimum Gasteiger partial charge on any atom is -0.385 e. The third-order valence-electron chi connectivity index (χ3n) is 4.97. The molecule has 0 aliphatic rings. The molecule has 0 saturated carbocycles. The number of thiazole rings is 1. The molecule has 1 amide bonds. The SMILES string of the molecule is COCCCn1c(SCc2csc(N(C(C)=O)c3ccccc3)n2)nnc1-c1ccccc1Cl. The van der Waals surface area contributed by atoms with E-state index >= 15 is 0 Å². The van der Waals surface area contributed by atoms with Gasteiger partial charge in [-0.1, -0.05) is 53.7 Å². The smallest absolute Gasteiger partial charge is 0.230 e. The van der Waals surface area contributed by atoms with Crippen molar-refractivity contribution in [1.29, 1.82) is 0 Å². The number of anilines is 2. The van der Waals surface area contributed by atoms with E-state index in [2.05, 4.69) is 14.8 Å². The summed E-state index contributed by atoms with van der Waals surface area (Å²) in [6, 6.07) is 17.2. The van der Waals surface area contributed by atoms with Crippen molar-refractivity contribution >= 4 is 51.4 Å². The molecule has 2 aromatic carbocycles. The molecular weight excluding hydrogens is 490 g/mol. The van der Waals surface area contributed by atoms with Gasteiger partial charge in [-0.3, -0.25) is 9.69 Å². The first kappa shape index (κ1) is 24.4. The van der Waals surface area contributed by atoms with Crippen LogP contribution in [0.25, 0.3) is 11.4 Å². The van der Waals surface area contributed by atoms with Gasteiger partial charge in [0.05, 0.1) is 16.4 Å². The second-order valence-electron chi connectivity index (χ2n) is 7.38. The Kier molecular flexibility index (Phi) is 8.34. The van der Waals surface area contributed by atoms with E-state index in [1.165, 1.54) is 11.3 Å². The van der Waals surface area contributed by atoms with Crippen molar-refractivity contribution in [3.63, 3.8) is 0 Å². The maximum absolute atomic E-state index is 12.3. The van der Waals surface area contributed by atoms with E-state index < -0.39 is 0 Å². The van der Waals surface area contributed by atoms with Gasteiger partial charge < -0.3 is 9.30 Å². The highest BCUT2D eigenvalue weighted by Crippen LogP contribution is 2.33. The minimum absolute atomic E-state index is 0.0815. The van der Waals surface area contributed by atoms with E-state index in [4.69, 9.17) is 21.3 Å². The molecule has 0 saturated heterocycles. The highest BCUT2D eigenvalue weighted by atomic mass is 35.5. The van der Waals surface area contributed by atoms with Gasteiger partial charge in [0, 0.05) is 43.9 Å². The average Bonchev–Trinajstić information content (AvgIpc) is 3.46. The number of carbonyl (C=O) groups is 1. The quantitative estimate of drug-likeness (QED) is 0.189. The standard InChI is InChI=1S/C24H24ClN5O2S2/c1-17(31)30(19-9-4-3-5-10-19)23-26-18(15-33-23)16-34-24-28-27-22(29(24)13-8-14-32-2)20-11-6-7-12-21(20)25/h3-7,9-12,15H,8,13-14,16H2,1-2H3. The van der Waals surface area contributed by atoms with Crippen molar-refractivity contribution in [2.24, 2.45) is 0 Å². The molecule has 4 rings (SSSR count). The van der Waals surface area contributed by atoms with Gasteiger partial charge in [0.25, 0.3) is 0 Å². The molecule has 0 atom stereocenters. The van der Waals surface area contributed by atoms with Crippen LogP contribution in [0.1, 0.15) is 19.0 Å². The number of hydrogen-bond acceptors (Lipinski definition) is 7. The summed E-state index contributed by atoms with van der Waals surface area (Å²) in [6.45, 7) is 2.89. The fourth-order valence-corrected chi connectivity index (χ4v) is 5.48. The number of amides is 1. The number of rotatable bonds is 10. The molecule has 0 bridgehead atoms. The Labute approximate surface area is 211 Å². The van der Waals surface area contributed by atoms with Crippen LogP contribution >= 0.6 is 34.7 Å². The van der Waals surface area contributed by atoms with Crippen molar-refractivity contribution < 1.29 is 9.53 Å². The van der Waals surface area contributed by atoms with Crippen LogP contribution in [0.5, 0.6) is 0 Å². The summed E-state index contributed by atoms with van der Waals surface area (Å²) in [5.74, 6) is 1.25. The summed E-state index contributed by atoms with van der Waals surface area (Å²) in [5, 5.41) is 12.9. The summed E-state index contributed by atoms with van der Waals surface area (Å²) in [4.78, 5) is 18.7. The topological polar surface area (TPSA) is 73.1 Å². The third-order valence-corrected chi connectivity index (χ3v) is 7.18. The van der Waals surface area contributed by atoms with Crippen molar-refractivity contribution in [2.45, 2.75) is 30.8 Å². The molecule has 0 radical (unpaired) electrons. The van der Waals surface area contributed by atoms with Gasteiger partial charge in [0.1, 0.15) is 0 Å². The van der Waals surface area contributed by atoms with Crippen molar-refractivity contribution in [3.05, 3.63) is 70.7 Å². The van der Waals surface area contributed by atoms with Crippen LogP contribution in [0, 0.1) is 0 Å². The van der Waals surface area contributed by atoms with E-state index in [1.807, 2.05) is 60.0 Å². The van der Waals surface area contributed by atoms with Crippen molar-refractivity contribution in [3.8, 4) is 11.4 Å². The number of ether oxygens (including phenoxy) is 1. The van der Waals surface area contributed by atoms with E-state index in [0.717, 1.165) is 34.3 Å². The van der Waals surface area contributed by atoms with Gasteiger partial charge in [-0.2, -0.15) is 0 Å². The molecule has 7 nitrogen and oxygen atoms in total. The maximum atomic E-state index is 12.3. The van der Waals surface area contributed by atoms with Crippen molar-refractivity contribution in [2.75, 3.05) is 18.6 Å². The Hall–Kier alpha value is -2.72. The number of hydrogen-bond donors (Lipinski definition) is 0. The van der Waals surface area contributed by atoms with Gasteiger partial charge >= 0.3 is 0 Å². The van der Waals surface area contributed by atoms with E-state index in [-0.39, 0.29) is 5.91 Å². The second kappa shape index (κ2) is 11.6. The average molecular weight is 514 g/mol. The monoisotopic (exact) mass is 513 g/mol. The third kappa shape index (κ3) is 5.67. The maximum Gasteiger partial charge on any atom is 0.230 e. The second-order valence-corrected chi connectivity index (χ2v) is 9.57. The molecule has 0 fully saturated rings. The van der Waals surface area contributed by atoms with Crippen LogP contribution in [-0.2, 0) is 21.8 Å². The van der Waals surface area contributed by atoms with Crippen LogP contribution in [0.3, 0.4) is 0 Å². The van der Waals surface area contributed by atoms with Gasteiger partial charge in [0.2, 0.25) is 5.91 Å². The predicted octanol–water partition coefficient (Wildman–Crippen LogP) is 6.07. The highest BCUT2D eigenvalue weighted by molar-refractivity contribution is 7.98. The summed E-state index contributed by atoms with van der Waals surface area (Å²) < 4.78 is 7.31. The number of para-hydroxylation sites is 1. The molecule has 34 heavy (non-hydrogen) atoms. The van der Waals surface area contributed by atoms with Crippen LogP contribution in [0.4, 0.5) is 10.8 Å². The first-order valence-electron chi connectivity index (χ1n) is 10.7. The van der Waals surface area contributed by atoms with Gasteiger partial charge in [-0.15, -0.1) is 21.5 Å². The number of aromatic nitrogens is 4. The number of methoxy groups -OCH3 is 1. The number of halogens is 1. The molecular formula is C24H24ClN5O2S2. The Morgan fingerprint density at radius 1 is 1.15 bits per heavy atom. The van der Waals surface area contributed by atoms with Gasteiger partial charge in [-0.05, 0) is 30.7 Å². The van der Waals surface area contributed by atoms with Gasteiger partial charge in [-0.25, -0.2) is 4.98 Å². The van der Waals surface area contributed by atoms with E-state index in [0.29, 0.717) is 29.1 Å². The Morgan fingerprint density at radius 3 is 2.65 bits per heavy atom. The first-order valence-corrected chi connectivity index (χ1v) is 12.9. The Bertz CT molecular complexity index is 1250. The molecule has 0 aliphatic carbocycles. The van der Waals surface area contributed by atoms with Crippen LogP contribution < -0.4 is 4.90 Å². The summed E-state index contributed by atoms with van der Waals surface area (Å²) in [6.07, 6.45) is 0.824. The largest absolute Gasteiger partial charge is 0.385 e. The lowest BCUT2D eigenvalue weighted by Gasteiger charge is -2.17.